The second-order valence-electron chi connectivity index (χ2n) is 9.33. The van der Waals surface area contributed by atoms with Gasteiger partial charge < -0.3 is 15.0 Å². The molecule has 1 saturated heterocycles. The van der Waals surface area contributed by atoms with E-state index in [1.165, 1.54) is 0 Å². The highest BCUT2D eigenvalue weighted by Gasteiger charge is 2.34. The number of ether oxygens (including phenoxy) is 1. The van der Waals surface area contributed by atoms with Gasteiger partial charge in [0.15, 0.2) is 0 Å². The molecule has 160 valence electrons. The van der Waals surface area contributed by atoms with Gasteiger partial charge in [0.25, 0.3) is 0 Å². The van der Waals surface area contributed by atoms with Gasteiger partial charge >= 0.3 is 5.97 Å². The molecular formula is C23H33BrN2O3. The van der Waals surface area contributed by atoms with Crippen LogP contribution >= 0.6 is 15.9 Å². The van der Waals surface area contributed by atoms with Crippen LogP contribution in [0.4, 0.5) is 5.69 Å². The molecule has 6 heteroatoms. The zero-order valence-electron chi connectivity index (χ0n) is 17.7. The summed E-state index contributed by atoms with van der Waals surface area (Å²) < 4.78 is 6.58. The molecular weight excluding hydrogens is 432 g/mol. The lowest BCUT2D eigenvalue weighted by molar-refractivity contribution is -0.162. The molecule has 1 aromatic carbocycles. The Morgan fingerprint density at radius 1 is 0.966 bits per heavy atom. The van der Waals surface area contributed by atoms with Crippen LogP contribution in [0, 0.1) is 11.8 Å². The Bertz CT molecular complexity index is 698. The maximum absolute atomic E-state index is 12.9. The minimum Gasteiger partial charge on any atom is -0.460 e. The molecule has 1 aliphatic carbocycles. The van der Waals surface area contributed by atoms with Crippen molar-refractivity contribution in [3.8, 4) is 0 Å². The number of benzene rings is 1. The van der Waals surface area contributed by atoms with Gasteiger partial charge in [0.2, 0.25) is 5.91 Å². The predicted octanol–water partition coefficient (Wildman–Crippen LogP) is 5.00. The lowest BCUT2D eigenvalue weighted by atomic mass is 9.84. The molecule has 1 saturated carbocycles. The van der Waals surface area contributed by atoms with Crippen molar-refractivity contribution in [2.75, 3.05) is 18.4 Å². The van der Waals surface area contributed by atoms with Crippen molar-refractivity contribution in [2.45, 2.75) is 70.9 Å². The lowest BCUT2D eigenvalue weighted by Crippen LogP contribution is -2.45. The second kappa shape index (κ2) is 9.50. The van der Waals surface area contributed by atoms with Crippen LogP contribution in [0.1, 0.15) is 59.3 Å². The summed E-state index contributed by atoms with van der Waals surface area (Å²) in [7, 11) is 0. The van der Waals surface area contributed by atoms with Gasteiger partial charge in [-0.3, -0.25) is 9.59 Å². The highest BCUT2D eigenvalue weighted by Crippen LogP contribution is 2.30. The smallest absolute Gasteiger partial charge is 0.309 e. The summed E-state index contributed by atoms with van der Waals surface area (Å²) >= 11 is 3.46. The second-order valence-corrected chi connectivity index (χ2v) is 10.2. The van der Waals surface area contributed by atoms with Crippen LogP contribution < -0.4 is 5.32 Å². The molecule has 1 aromatic rings. The number of piperidine rings is 1. The molecule has 1 heterocycles. The summed E-state index contributed by atoms with van der Waals surface area (Å²) in [5.74, 6) is 0.194. The number of anilines is 1. The molecule has 0 spiro atoms. The van der Waals surface area contributed by atoms with Crippen molar-refractivity contribution in [2.24, 2.45) is 11.8 Å². The summed E-state index contributed by atoms with van der Waals surface area (Å²) in [5, 5.41) is 3.59. The van der Waals surface area contributed by atoms with Crippen molar-refractivity contribution in [3.63, 3.8) is 0 Å². The molecule has 0 radical (unpaired) electrons. The predicted molar refractivity (Wildman–Crippen MR) is 119 cm³/mol. The summed E-state index contributed by atoms with van der Waals surface area (Å²) in [6, 6.07) is 8.67. The monoisotopic (exact) mass is 464 g/mol. The van der Waals surface area contributed by atoms with Gasteiger partial charge in [-0.2, -0.15) is 0 Å². The largest absolute Gasteiger partial charge is 0.460 e. The fourth-order valence-electron chi connectivity index (χ4n) is 4.25. The molecule has 1 aliphatic heterocycles. The number of amides is 1. The molecule has 2 aliphatic rings. The van der Waals surface area contributed by atoms with Crippen LogP contribution in [0.2, 0.25) is 0 Å². The van der Waals surface area contributed by atoms with Gasteiger partial charge in [-0.1, -0.05) is 15.9 Å². The summed E-state index contributed by atoms with van der Waals surface area (Å²) in [6.45, 7) is 7.02. The number of nitrogens with zero attached hydrogens (tertiary/aromatic N) is 1. The third kappa shape index (κ3) is 6.46. The highest BCUT2D eigenvalue weighted by molar-refractivity contribution is 9.10. The van der Waals surface area contributed by atoms with E-state index >= 15 is 0 Å². The maximum Gasteiger partial charge on any atom is 0.309 e. The standard InChI is InChI=1S/C23H33BrN2O3/c1-23(2,3)29-22(28)17-12-14-26(15-13-17)21(27)16-4-8-19(9-5-16)25-20-10-6-18(24)7-11-20/h6-7,10-11,16-17,19,25H,4-5,8-9,12-15H2,1-3H3/t16-,19-. The van der Waals surface area contributed by atoms with Crippen molar-refractivity contribution in [1.29, 1.82) is 0 Å². The van der Waals surface area contributed by atoms with E-state index in [2.05, 4.69) is 33.4 Å². The Morgan fingerprint density at radius 3 is 2.10 bits per heavy atom. The van der Waals surface area contributed by atoms with Gasteiger partial charge in [-0.25, -0.2) is 0 Å². The molecule has 0 aromatic heterocycles. The summed E-state index contributed by atoms with van der Waals surface area (Å²) in [4.78, 5) is 27.2. The molecule has 0 unspecified atom stereocenters. The van der Waals surface area contributed by atoms with Crippen LogP contribution in [0.25, 0.3) is 0 Å². The van der Waals surface area contributed by atoms with Gasteiger partial charge in [-0.05, 0) is 83.6 Å². The van der Waals surface area contributed by atoms with E-state index in [1.807, 2.05) is 37.8 Å². The SMILES string of the molecule is CC(C)(C)OC(=O)C1CCN(C(=O)[C@H]2CC[C@H](Nc3ccc(Br)cc3)CC2)CC1. The fraction of sp³-hybridized carbons (Fsp3) is 0.652. The number of hydrogen-bond donors (Lipinski definition) is 1. The average Bonchev–Trinajstić information content (AvgIpc) is 2.69. The average molecular weight is 465 g/mol. The van der Waals surface area contributed by atoms with Crippen LogP contribution in [0.15, 0.2) is 28.7 Å². The first kappa shape index (κ1) is 22.1. The zero-order valence-corrected chi connectivity index (χ0v) is 19.3. The van der Waals surface area contributed by atoms with E-state index in [0.29, 0.717) is 32.0 Å². The Kier molecular flexibility index (Phi) is 7.25. The van der Waals surface area contributed by atoms with Crippen LogP contribution in [-0.2, 0) is 14.3 Å². The number of nitrogens with one attached hydrogen (secondary N) is 1. The summed E-state index contributed by atoms with van der Waals surface area (Å²) in [6.07, 6.45) is 5.31. The first-order chi connectivity index (χ1) is 13.7. The van der Waals surface area contributed by atoms with E-state index in [1.54, 1.807) is 0 Å². The Hall–Kier alpha value is -1.56. The first-order valence-corrected chi connectivity index (χ1v) is 11.5. The quantitative estimate of drug-likeness (QED) is 0.636. The molecule has 0 bridgehead atoms. The number of likely N-dealkylation sites (tertiary alicyclic amines) is 1. The maximum atomic E-state index is 12.9. The van der Waals surface area contributed by atoms with Crippen LogP contribution in [-0.4, -0.2) is 41.5 Å². The van der Waals surface area contributed by atoms with Crippen molar-refractivity contribution < 1.29 is 14.3 Å². The number of carbonyl (C=O) groups is 2. The molecule has 2 fully saturated rings. The van der Waals surface area contributed by atoms with Gasteiger partial charge in [0.1, 0.15) is 5.60 Å². The number of carbonyl (C=O) groups excluding carboxylic acids is 2. The van der Waals surface area contributed by atoms with Gasteiger partial charge in [-0.15, -0.1) is 0 Å². The molecule has 1 N–H and O–H groups in total. The Balaban J connectivity index is 1.42. The van der Waals surface area contributed by atoms with E-state index in [9.17, 15) is 9.59 Å². The van der Waals surface area contributed by atoms with Crippen LogP contribution in [0.5, 0.6) is 0 Å². The Labute approximate surface area is 182 Å². The van der Waals surface area contributed by atoms with Crippen LogP contribution in [0.3, 0.4) is 0 Å². The molecule has 0 atom stereocenters. The van der Waals surface area contributed by atoms with Gasteiger partial charge in [0, 0.05) is 35.2 Å². The first-order valence-electron chi connectivity index (χ1n) is 10.7. The number of rotatable bonds is 4. The lowest BCUT2D eigenvalue weighted by Gasteiger charge is -2.36. The number of esters is 1. The topological polar surface area (TPSA) is 58.6 Å². The highest BCUT2D eigenvalue weighted by atomic mass is 79.9. The van der Waals surface area contributed by atoms with E-state index in [-0.39, 0.29) is 23.7 Å². The third-order valence-electron chi connectivity index (χ3n) is 5.84. The van der Waals surface area contributed by atoms with E-state index in [0.717, 1.165) is 35.8 Å². The van der Waals surface area contributed by atoms with Crippen molar-refractivity contribution >= 4 is 33.5 Å². The Morgan fingerprint density at radius 2 is 1.55 bits per heavy atom. The number of hydrogen-bond acceptors (Lipinski definition) is 4. The normalized spacial score (nSPS) is 23.5. The molecule has 1 amide bonds. The zero-order chi connectivity index (χ0) is 21.0. The van der Waals surface area contributed by atoms with E-state index in [4.69, 9.17) is 4.74 Å². The van der Waals surface area contributed by atoms with Crippen molar-refractivity contribution in [1.82, 2.24) is 4.90 Å². The van der Waals surface area contributed by atoms with Crippen molar-refractivity contribution in [3.05, 3.63) is 28.7 Å². The minimum absolute atomic E-state index is 0.0795. The molecule has 29 heavy (non-hydrogen) atoms. The third-order valence-corrected chi connectivity index (χ3v) is 6.37. The van der Waals surface area contributed by atoms with Gasteiger partial charge in [0.05, 0.1) is 5.92 Å². The fourth-order valence-corrected chi connectivity index (χ4v) is 4.51. The molecule has 3 rings (SSSR count). The van der Waals surface area contributed by atoms with E-state index < -0.39 is 5.60 Å². The molecule has 5 nitrogen and oxygen atoms in total. The number of halogens is 1. The summed E-state index contributed by atoms with van der Waals surface area (Å²) in [5.41, 5.74) is 0.680. The minimum atomic E-state index is -0.451.